The molecular weight excluding hydrogens is 394 g/mol. The standard InChI is InChI=1S/C19H23N5O4S/c1-12-9-13(23(4)20-12)11-24-16-6-5-14(29(27,28)21-19(2)7-8-19)10-15(16)17(25)22(3)18(24)26/h5-6,9-10,21H,7-8,11H2,1-4H3. The van der Waals surface area contributed by atoms with Crippen molar-refractivity contribution < 1.29 is 8.42 Å². The average Bonchev–Trinajstić information content (AvgIpc) is 3.27. The van der Waals surface area contributed by atoms with Crippen LogP contribution in [-0.2, 0) is 30.7 Å². The van der Waals surface area contributed by atoms with Gasteiger partial charge in [-0.15, -0.1) is 0 Å². The van der Waals surface area contributed by atoms with Crippen LogP contribution in [0.4, 0.5) is 0 Å². The Bertz CT molecular complexity index is 1360. The van der Waals surface area contributed by atoms with Crippen LogP contribution in [0.15, 0.2) is 38.8 Å². The lowest BCUT2D eigenvalue weighted by atomic mass is 10.2. The van der Waals surface area contributed by atoms with E-state index in [0.29, 0.717) is 5.52 Å². The molecule has 1 fully saturated rings. The van der Waals surface area contributed by atoms with Crippen molar-refractivity contribution >= 4 is 20.9 Å². The van der Waals surface area contributed by atoms with Crippen molar-refractivity contribution in [3.05, 3.63) is 56.5 Å². The van der Waals surface area contributed by atoms with Gasteiger partial charge < -0.3 is 0 Å². The van der Waals surface area contributed by atoms with E-state index in [0.717, 1.165) is 28.8 Å². The molecule has 154 valence electrons. The van der Waals surface area contributed by atoms with Crippen LogP contribution in [0.2, 0.25) is 0 Å². The Hall–Kier alpha value is -2.72. The fraction of sp³-hybridized carbons (Fsp3) is 0.421. The van der Waals surface area contributed by atoms with E-state index in [1.165, 1.54) is 29.8 Å². The highest BCUT2D eigenvalue weighted by atomic mass is 32.2. The molecule has 0 atom stereocenters. The number of aryl methyl sites for hydroxylation is 2. The van der Waals surface area contributed by atoms with Crippen LogP contribution >= 0.6 is 0 Å². The Kier molecular flexibility index (Phi) is 4.32. The summed E-state index contributed by atoms with van der Waals surface area (Å²) in [6.07, 6.45) is 1.57. The van der Waals surface area contributed by atoms with Crippen LogP contribution in [0, 0.1) is 6.92 Å². The minimum atomic E-state index is -3.76. The maximum absolute atomic E-state index is 12.8. The summed E-state index contributed by atoms with van der Waals surface area (Å²) >= 11 is 0. The van der Waals surface area contributed by atoms with Crippen LogP contribution in [0.1, 0.15) is 31.2 Å². The van der Waals surface area contributed by atoms with Gasteiger partial charge in [-0.3, -0.25) is 18.6 Å². The number of aromatic nitrogens is 4. The van der Waals surface area contributed by atoms with E-state index in [9.17, 15) is 18.0 Å². The smallest absolute Gasteiger partial charge is 0.287 e. The van der Waals surface area contributed by atoms with Crippen molar-refractivity contribution in [2.75, 3.05) is 0 Å². The van der Waals surface area contributed by atoms with Gasteiger partial charge in [0.25, 0.3) is 5.56 Å². The van der Waals surface area contributed by atoms with Gasteiger partial charge in [0, 0.05) is 19.6 Å². The van der Waals surface area contributed by atoms with E-state index >= 15 is 0 Å². The summed E-state index contributed by atoms with van der Waals surface area (Å²) in [5, 5.41) is 4.46. The number of benzene rings is 1. The first-order chi connectivity index (χ1) is 13.5. The third-order valence-corrected chi connectivity index (χ3v) is 7.06. The monoisotopic (exact) mass is 417 g/mol. The van der Waals surface area contributed by atoms with Crippen LogP contribution < -0.4 is 16.0 Å². The topological polar surface area (TPSA) is 108 Å². The molecule has 0 saturated heterocycles. The van der Waals surface area contributed by atoms with Gasteiger partial charge in [0.1, 0.15) is 0 Å². The number of nitrogens with one attached hydrogen (secondary N) is 1. The zero-order valence-corrected chi connectivity index (χ0v) is 17.6. The zero-order valence-electron chi connectivity index (χ0n) is 16.8. The Morgan fingerprint density at radius 2 is 1.86 bits per heavy atom. The maximum atomic E-state index is 12.8. The van der Waals surface area contributed by atoms with E-state index < -0.39 is 26.8 Å². The Labute approximate surface area is 167 Å². The van der Waals surface area contributed by atoms with E-state index in [4.69, 9.17) is 0 Å². The normalized spacial score (nSPS) is 15.7. The molecule has 0 radical (unpaired) electrons. The lowest BCUT2D eigenvalue weighted by molar-refractivity contribution is 0.558. The molecule has 0 bridgehead atoms. The minimum absolute atomic E-state index is 0.0109. The first kappa shape index (κ1) is 19.6. The predicted octanol–water partition coefficient (Wildman–Crippen LogP) is 0.621. The van der Waals surface area contributed by atoms with Crippen molar-refractivity contribution in [3.8, 4) is 0 Å². The maximum Gasteiger partial charge on any atom is 0.331 e. The fourth-order valence-electron chi connectivity index (χ4n) is 3.44. The molecule has 4 rings (SSSR count). The highest BCUT2D eigenvalue weighted by Gasteiger charge is 2.41. The minimum Gasteiger partial charge on any atom is -0.287 e. The Morgan fingerprint density at radius 1 is 1.17 bits per heavy atom. The molecule has 10 heteroatoms. The lowest BCUT2D eigenvalue weighted by Gasteiger charge is -2.15. The summed E-state index contributed by atoms with van der Waals surface area (Å²) in [5.41, 5.74) is 0.572. The first-order valence-electron chi connectivity index (χ1n) is 9.28. The summed E-state index contributed by atoms with van der Waals surface area (Å²) < 4.78 is 32.3. The SMILES string of the molecule is Cc1cc(Cn2c(=O)n(C)c(=O)c3cc(S(=O)(=O)NC4(C)CC4)ccc32)n(C)n1. The Morgan fingerprint density at radius 3 is 2.45 bits per heavy atom. The van der Waals surface area contributed by atoms with Gasteiger partial charge >= 0.3 is 5.69 Å². The predicted molar refractivity (Wildman–Crippen MR) is 108 cm³/mol. The fourth-order valence-corrected chi connectivity index (χ4v) is 4.93. The van der Waals surface area contributed by atoms with Gasteiger partial charge in [0.05, 0.1) is 33.7 Å². The molecule has 1 aliphatic carbocycles. The first-order valence-corrected chi connectivity index (χ1v) is 10.8. The van der Waals surface area contributed by atoms with E-state index in [1.54, 1.807) is 11.7 Å². The van der Waals surface area contributed by atoms with Crippen molar-refractivity contribution in [1.82, 2.24) is 23.6 Å². The van der Waals surface area contributed by atoms with Crippen LogP contribution in [0.5, 0.6) is 0 Å². The average molecular weight is 417 g/mol. The van der Waals surface area contributed by atoms with Gasteiger partial charge in [-0.05, 0) is 51.0 Å². The van der Waals surface area contributed by atoms with Crippen LogP contribution in [0.3, 0.4) is 0 Å². The number of rotatable bonds is 5. The third kappa shape index (κ3) is 3.42. The molecular formula is C19H23N5O4S. The number of hydrogen-bond donors (Lipinski definition) is 1. The van der Waals surface area contributed by atoms with Gasteiger partial charge in [-0.25, -0.2) is 17.9 Å². The van der Waals surface area contributed by atoms with Crippen molar-refractivity contribution in [2.24, 2.45) is 14.1 Å². The second-order valence-corrected chi connectivity index (χ2v) is 9.66. The number of nitrogens with zero attached hydrogens (tertiary/aromatic N) is 4. The molecule has 0 unspecified atom stereocenters. The molecule has 0 aliphatic heterocycles. The highest BCUT2D eigenvalue weighted by Crippen LogP contribution is 2.36. The molecule has 3 aromatic rings. The van der Waals surface area contributed by atoms with E-state index in [1.807, 2.05) is 19.9 Å². The molecule has 2 heterocycles. The highest BCUT2D eigenvalue weighted by molar-refractivity contribution is 7.89. The van der Waals surface area contributed by atoms with E-state index in [-0.39, 0.29) is 16.8 Å². The molecule has 1 saturated carbocycles. The number of sulfonamides is 1. The summed E-state index contributed by atoms with van der Waals surface area (Å²) in [4.78, 5) is 25.5. The molecule has 9 nitrogen and oxygen atoms in total. The molecule has 2 aromatic heterocycles. The van der Waals surface area contributed by atoms with Gasteiger partial charge in [0.15, 0.2) is 0 Å². The third-order valence-electron chi connectivity index (χ3n) is 5.42. The summed E-state index contributed by atoms with van der Waals surface area (Å²) in [7, 11) is -0.589. The van der Waals surface area contributed by atoms with Crippen LogP contribution in [0.25, 0.3) is 10.9 Å². The number of hydrogen-bond acceptors (Lipinski definition) is 5. The molecule has 0 spiro atoms. The second-order valence-electron chi connectivity index (χ2n) is 7.98. The molecule has 29 heavy (non-hydrogen) atoms. The molecule has 1 aromatic carbocycles. The summed E-state index contributed by atoms with van der Waals surface area (Å²) in [6.45, 7) is 3.91. The number of fused-ring (bicyclic) bond motifs is 1. The quantitative estimate of drug-likeness (QED) is 0.655. The van der Waals surface area contributed by atoms with E-state index in [2.05, 4.69) is 9.82 Å². The molecule has 1 aliphatic rings. The van der Waals surface area contributed by atoms with Gasteiger partial charge in [-0.2, -0.15) is 5.10 Å². The summed E-state index contributed by atoms with van der Waals surface area (Å²) in [5.74, 6) is 0. The lowest BCUT2D eigenvalue weighted by Crippen LogP contribution is -2.39. The second kappa shape index (κ2) is 6.39. The molecule has 0 amide bonds. The van der Waals surface area contributed by atoms with Gasteiger partial charge in [-0.1, -0.05) is 0 Å². The summed E-state index contributed by atoms with van der Waals surface area (Å²) in [6, 6.07) is 6.16. The largest absolute Gasteiger partial charge is 0.331 e. The zero-order chi connectivity index (χ0) is 21.1. The van der Waals surface area contributed by atoms with Crippen molar-refractivity contribution in [1.29, 1.82) is 0 Å². The van der Waals surface area contributed by atoms with Gasteiger partial charge in [0.2, 0.25) is 10.0 Å². The van der Waals surface area contributed by atoms with Crippen molar-refractivity contribution in [3.63, 3.8) is 0 Å². The molecule has 1 N–H and O–H groups in total. The van der Waals surface area contributed by atoms with Crippen molar-refractivity contribution in [2.45, 2.75) is 43.7 Å². The Balaban J connectivity index is 1.88. The van der Waals surface area contributed by atoms with Crippen LogP contribution in [-0.4, -0.2) is 32.9 Å².